The molecule has 1 nitrogen and oxygen atoms in total. The summed E-state index contributed by atoms with van der Waals surface area (Å²) in [6, 6.07) is 0. The van der Waals surface area contributed by atoms with Crippen molar-refractivity contribution in [2.24, 2.45) is 0 Å². The van der Waals surface area contributed by atoms with Gasteiger partial charge in [-0.1, -0.05) is 58.3 Å². The maximum atomic E-state index is 2.34. The second kappa shape index (κ2) is 14.1. The lowest BCUT2D eigenvalue weighted by Gasteiger charge is -2.28. The molecule has 0 N–H and O–H groups in total. The fourth-order valence-corrected chi connectivity index (χ4v) is 2.19. The van der Waals surface area contributed by atoms with Gasteiger partial charge in [0.15, 0.2) is 0 Å². The molecule has 0 aliphatic rings. The molecule has 0 radical (unpaired) electrons. The lowest BCUT2D eigenvalue weighted by atomic mass is 10.1. The van der Waals surface area contributed by atoms with Gasteiger partial charge < -0.3 is 28.5 Å². The Morgan fingerprint density at radius 2 is 1.00 bits per heavy atom. The van der Waals surface area contributed by atoms with Crippen LogP contribution in [-0.2, 0) is 0 Å². The number of rotatable bonds is 12. The third-order valence-electron chi connectivity index (χ3n) is 3.97. The Kier molecular flexibility index (Phi) is 16.5. The molecule has 18 heavy (non-hydrogen) atoms. The van der Waals surface area contributed by atoms with Crippen LogP contribution in [0.25, 0.3) is 0 Å². The van der Waals surface area contributed by atoms with E-state index in [1.807, 2.05) is 0 Å². The highest BCUT2D eigenvalue weighted by Gasteiger charge is 2.09. The molecular weight excluding hydrogens is 333 g/mol. The Balaban J connectivity index is 0. The summed E-state index contributed by atoms with van der Waals surface area (Å²) in [7, 11) is 4.68. The van der Waals surface area contributed by atoms with Gasteiger partial charge in [0.1, 0.15) is 0 Å². The standard InChI is InChI=1S/C16H36N.HI/c1-5-7-8-9-10-11-12-13-14-15-16-17(3,4)6-2;/h5-16H2,1-4H3;1H/q+1;/p-1. The molecule has 0 amide bonds. The average molecular weight is 369 g/mol. The summed E-state index contributed by atoms with van der Waals surface area (Å²) in [6.07, 6.45) is 14.4. The van der Waals surface area contributed by atoms with Gasteiger partial charge in [-0.25, -0.2) is 0 Å². The van der Waals surface area contributed by atoms with Crippen LogP contribution >= 0.6 is 0 Å². The van der Waals surface area contributed by atoms with Crippen LogP contribution in [0, 0.1) is 0 Å². The molecule has 0 rings (SSSR count). The minimum Gasteiger partial charge on any atom is -1.00 e. The molecule has 0 aromatic rings. The number of nitrogens with zero attached hydrogens (tertiary/aromatic N) is 1. The van der Waals surface area contributed by atoms with Crippen molar-refractivity contribution in [1.29, 1.82) is 0 Å². The van der Waals surface area contributed by atoms with Crippen molar-refractivity contribution in [2.75, 3.05) is 27.2 Å². The van der Waals surface area contributed by atoms with Gasteiger partial charge in [0.25, 0.3) is 0 Å². The molecule has 0 saturated heterocycles. The number of halogens is 1. The molecule has 0 bridgehead atoms. The number of unbranched alkanes of at least 4 members (excludes halogenated alkanes) is 9. The van der Waals surface area contributed by atoms with E-state index in [-0.39, 0.29) is 24.0 Å². The van der Waals surface area contributed by atoms with E-state index in [4.69, 9.17) is 0 Å². The van der Waals surface area contributed by atoms with Crippen LogP contribution in [-0.4, -0.2) is 31.7 Å². The van der Waals surface area contributed by atoms with Gasteiger partial charge in [-0.15, -0.1) is 0 Å². The molecule has 2 heteroatoms. The van der Waals surface area contributed by atoms with Gasteiger partial charge in [-0.2, -0.15) is 0 Å². The minimum absolute atomic E-state index is 0. The van der Waals surface area contributed by atoms with E-state index in [0.717, 1.165) is 0 Å². The molecule has 0 aliphatic heterocycles. The van der Waals surface area contributed by atoms with Crippen molar-refractivity contribution in [3.05, 3.63) is 0 Å². The topological polar surface area (TPSA) is 0 Å². The van der Waals surface area contributed by atoms with Crippen LogP contribution in [0.15, 0.2) is 0 Å². The Morgan fingerprint density at radius 3 is 1.39 bits per heavy atom. The highest BCUT2D eigenvalue weighted by Crippen LogP contribution is 2.11. The van der Waals surface area contributed by atoms with E-state index >= 15 is 0 Å². The molecule has 0 spiro atoms. The Morgan fingerprint density at radius 1 is 0.611 bits per heavy atom. The molecule has 0 atom stereocenters. The van der Waals surface area contributed by atoms with Gasteiger partial charge in [0.05, 0.1) is 27.2 Å². The molecule has 0 aromatic carbocycles. The van der Waals surface area contributed by atoms with Gasteiger partial charge in [-0.3, -0.25) is 0 Å². The molecule has 0 aliphatic carbocycles. The SMILES string of the molecule is CCCCCCCCCCCC[N+](C)(C)CC.[I-]. The predicted octanol–water partition coefficient (Wildman–Crippen LogP) is 2.01. The predicted molar refractivity (Wildman–Crippen MR) is 79.4 cm³/mol. The van der Waals surface area contributed by atoms with Crippen LogP contribution in [0.4, 0.5) is 0 Å². The Hall–Kier alpha value is 0.690. The highest BCUT2D eigenvalue weighted by atomic mass is 127. The molecule has 0 unspecified atom stereocenters. The van der Waals surface area contributed by atoms with Gasteiger partial charge in [0, 0.05) is 0 Å². The van der Waals surface area contributed by atoms with Crippen molar-refractivity contribution >= 4 is 0 Å². The average Bonchev–Trinajstić information content (AvgIpc) is 2.31. The zero-order valence-corrected chi connectivity index (χ0v) is 15.5. The first kappa shape index (κ1) is 21.0. The quantitative estimate of drug-likeness (QED) is 0.281. The van der Waals surface area contributed by atoms with E-state index in [1.165, 1.54) is 81.8 Å². The van der Waals surface area contributed by atoms with E-state index in [1.54, 1.807) is 0 Å². The van der Waals surface area contributed by atoms with Crippen molar-refractivity contribution in [3.8, 4) is 0 Å². The summed E-state index contributed by atoms with van der Waals surface area (Å²) in [5.74, 6) is 0. The molecular formula is C16H36IN. The Bertz CT molecular complexity index is 157. The monoisotopic (exact) mass is 369 g/mol. The summed E-state index contributed by atoms with van der Waals surface area (Å²) in [4.78, 5) is 0. The van der Waals surface area contributed by atoms with E-state index < -0.39 is 0 Å². The van der Waals surface area contributed by atoms with Crippen LogP contribution in [0.5, 0.6) is 0 Å². The van der Waals surface area contributed by atoms with Crippen molar-refractivity contribution in [3.63, 3.8) is 0 Å². The summed E-state index contributed by atoms with van der Waals surface area (Å²) < 4.78 is 1.19. The second-order valence-corrected chi connectivity index (χ2v) is 6.16. The largest absolute Gasteiger partial charge is 1.00 e. The zero-order chi connectivity index (χ0) is 13.0. The first-order chi connectivity index (χ1) is 8.12. The normalized spacial score (nSPS) is 11.3. The first-order valence-corrected chi connectivity index (χ1v) is 7.94. The number of quaternary nitrogens is 1. The summed E-state index contributed by atoms with van der Waals surface area (Å²) in [5, 5.41) is 0. The molecule has 0 aromatic heterocycles. The van der Waals surface area contributed by atoms with Crippen molar-refractivity contribution in [1.82, 2.24) is 0 Å². The van der Waals surface area contributed by atoms with E-state index in [9.17, 15) is 0 Å². The molecule has 112 valence electrons. The maximum Gasteiger partial charge on any atom is 0.0782 e. The summed E-state index contributed by atoms with van der Waals surface area (Å²) in [5.41, 5.74) is 0. The Labute approximate surface area is 133 Å². The number of hydrogen-bond acceptors (Lipinski definition) is 0. The zero-order valence-electron chi connectivity index (χ0n) is 13.3. The van der Waals surface area contributed by atoms with Crippen molar-refractivity contribution < 1.29 is 28.5 Å². The maximum absolute atomic E-state index is 2.34. The fraction of sp³-hybridized carbons (Fsp3) is 1.00. The lowest BCUT2D eigenvalue weighted by molar-refractivity contribution is -0.888. The van der Waals surface area contributed by atoms with Crippen LogP contribution in [0.1, 0.15) is 78.1 Å². The third-order valence-corrected chi connectivity index (χ3v) is 3.97. The molecule has 0 saturated carbocycles. The summed E-state index contributed by atoms with van der Waals surface area (Å²) in [6.45, 7) is 7.19. The fourth-order valence-electron chi connectivity index (χ4n) is 2.19. The third kappa shape index (κ3) is 14.7. The van der Waals surface area contributed by atoms with Gasteiger partial charge in [-0.05, 0) is 19.8 Å². The van der Waals surface area contributed by atoms with Crippen LogP contribution < -0.4 is 24.0 Å². The van der Waals surface area contributed by atoms with E-state index in [0.29, 0.717) is 0 Å². The number of hydrogen-bond donors (Lipinski definition) is 0. The van der Waals surface area contributed by atoms with E-state index in [2.05, 4.69) is 27.9 Å². The first-order valence-electron chi connectivity index (χ1n) is 7.94. The summed E-state index contributed by atoms with van der Waals surface area (Å²) >= 11 is 0. The highest BCUT2D eigenvalue weighted by molar-refractivity contribution is 4.47. The molecule has 0 fully saturated rings. The van der Waals surface area contributed by atoms with Crippen LogP contribution in [0.2, 0.25) is 0 Å². The molecule has 0 heterocycles. The smallest absolute Gasteiger partial charge is 0.0782 e. The van der Waals surface area contributed by atoms with Gasteiger partial charge >= 0.3 is 0 Å². The minimum atomic E-state index is 0. The lowest BCUT2D eigenvalue weighted by Crippen LogP contribution is -3.00. The van der Waals surface area contributed by atoms with Gasteiger partial charge in [0.2, 0.25) is 0 Å². The van der Waals surface area contributed by atoms with Crippen LogP contribution in [0.3, 0.4) is 0 Å². The second-order valence-electron chi connectivity index (χ2n) is 6.16. The van der Waals surface area contributed by atoms with Crippen molar-refractivity contribution in [2.45, 2.75) is 78.1 Å².